The van der Waals surface area contributed by atoms with Gasteiger partial charge < -0.3 is 23.8 Å². The van der Waals surface area contributed by atoms with Crippen molar-refractivity contribution in [3.63, 3.8) is 0 Å². The third kappa shape index (κ3) is 4.14. The topological polar surface area (TPSA) is 57.2 Å². The van der Waals surface area contributed by atoms with E-state index in [2.05, 4.69) is 0 Å². The van der Waals surface area contributed by atoms with Crippen LogP contribution in [0.5, 0.6) is 23.0 Å². The normalized spacial score (nSPS) is 16.2. The van der Waals surface area contributed by atoms with Crippen LogP contribution in [-0.2, 0) is 11.3 Å². The molecule has 0 saturated carbocycles. The highest BCUT2D eigenvalue weighted by Crippen LogP contribution is 2.42. The van der Waals surface area contributed by atoms with E-state index in [-0.39, 0.29) is 11.3 Å². The number of carbonyl (C=O) groups is 1. The molecule has 2 aromatic carbocycles. The highest BCUT2D eigenvalue weighted by atomic mass is 32.2. The zero-order valence-electron chi connectivity index (χ0n) is 16.6. The van der Waals surface area contributed by atoms with Gasteiger partial charge in [0, 0.05) is 6.54 Å². The van der Waals surface area contributed by atoms with Gasteiger partial charge in [0.15, 0.2) is 23.0 Å². The quantitative estimate of drug-likeness (QED) is 0.667. The molecule has 0 aliphatic carbocycles. The first-order chi connectivity index (χ1) is 13.6. The van der Waals surface area contributed by atoms with Gasteiger partial charge >= 0.3 is 0 Å². The van der Waals surface area contributed by atoms with Crippen LogP contribution in [-0.4, -0.2) is 44.5 Å². The maximum atomic E-state index is 12.6. The number of benzene rings is 2. The Balaban J connectivity index is 1.87. The molecule has 1 amide bonds. The number of methoxy groups -OCH3 is 3. The molecule has 1 aliphatic heterocycles. The second-order valence-corrected chi connectivity index (χ2v) is 7.29. The van der Waals surface area contributed by atoms with Gasteiger partial charge in [0.25, 0.3) is 0 Å². The fourth-order valence-electron chi connectivity index (χ4n) is 3.19. The van der Waals surface area contributed by atoms with Gasteiger partial charge in [0.2, 0.25) is 5.91 Å². The first-order valence-electron chi connectivity index (χ1n) is 9.04. The molecule has 0 N–H and O–H groups in total. The second kappa shape index (κ2) is 9.10. The van der Waals surface area contributed by atoms with Gasteiger partial charge in [-0.3, -0.25) is 4.79 Å². The summed E-state index contributed by atoms with van der Waals surface area (Å²) in [6.07, 6.45) is 0. The minimum atomic E-state index is -0.0780. The summed E-state index contributed by atoms with van der Waals surface area (Å²) in [6, 6.07) is 11.6. The van der Waals surface area contributed by atoms with Gasteiger partial charge in [-0.25, -0.2) is 0 Å². The predicted molar refractivity (Wildman–Crippen MR) is 109 cm³/mol. The average molecular weight is 404 g/mol. The van der Waals surface area contributed by atoms with Crippen LogP contribution in [0.1, 0.15) is 23.4 Å². The van der Waals surface area contributed by atoms with Crippen molar-refractivity contribution in [3.8, 4) is 23.0 Å². The Morgan fingerprint density at radius 1 is 0.964 bits per heavy atom. The molecule has 28 heavy (non-hydrogen) atoms. The molecule has 1 saturated heterocycles. The molecule has 0 radical (unpaired) electrons. The lowest BCUT2D eigenvalue weighted by molar-refractivity contribution is -0.128. The second-order valence-electron chi connectivity index (χ2n) is 6.22. The van der Waals surface area contributed by atoms with Crippen LogP contribution in [0.15, 0.2) is 36.4 Å². The van der Waals surface area contributed by atoms with Crippen LogP contribution in [0, 0.1) is 0 Å². The number of thioether (sulfide) groups is 1. The Labute approximate surface area is 169 Å². The largest absolute Gasteiger partial charge is 0.493 e. The number of carbonyl (C=O) groups excluding carboxylic acids is 1. The Bertz CT molecular complexity index is 842. The summed E-state index contributed by atoms with van der Waals surface area (Å²) < 4.78 is 21.7. The zero-order chi connectivity index (χ0) is 20.1. The molecule has 2 aromatic rings. The van der Waals surface area contributed by atoms with Crippen LogP contribution in [0.25, 0.3) is 0 Å². The number of amides is 1. The van der Waals surface area contributed by atoms with Crippen molar-refractivity contribution in [2.75, 3.05) is 33.7 Å². The van der Waals surface area contributed by atoms with Crippen molar-refractivity contribution in [1.82, 2.24) is 4.90 Å². The van der Waals surface area contributed by atoms with Gasteiger partial charge in [0.05, 0.1) is 33.7 Å². The molecule has 1 aliphatic rings. The minimum Gasteiger partial charge on any atom is -0.493 e. The molecule has 1 heterocycles. The molecular weight excluding hydrogens is 378 g/mol. The summed E-state index contributed by atoms with van der Waals surface area (Å²) in [5.41, 5.74) is 2.00. The smallest absolute Gasteiger partial charge is 0.234 e. The van der Waals surface area contributed by atoms with Crippen LogP contribution in [0.3, 0.4) is 0 Å². The predicted octanol–water partition coefficient (Wildman–Crippen LogP) is 3.89. The fraction of sp³-hybridized carbons (Fsp3) is 0.381. The van der Waals surface area contributed by atoms with E-state index in [0.717, 1.165) is 11.1 Å². The molecule has 1 atom stereocenters. The summed E-state index contributed by atoms with van der Waals surface area (Å²) in [7, 11) is 4.83. The summed E-state index contributed by atoms with van der Waals surface area (Å²) in [6.45, 7) is 2.97. The molecule has 3 rings (SSSR count). The van der Waals surface area contributed by atoms with Crippen LogP contribution < -0.4 is 18.9 Å². The van der Waals surface area contributed by atoms with Crippen LogP contribution in [0.4, 0.5) is 0 Å². The van der Waals surface area contributed by atoms with E-state index in [0.29, 0.717) is 41.9 Å². The average Bonchev–Trinajstić information content (AvgIpc) is 3.08. The monoisotopic (exact) mass is 403 g/mol. The van der Waals surface area contributed by atoms with E-state index in [9.17, 15) is 4.79 Å². The fourth-order valence-corrected chi connectivity index (χ4v) is 4.37. The van der Waals surface area contributed by atoms with E-state index in [4.69, 9.17) is 18.9 Å². The number of hydrogen-bond acceptors (Lipinski definition) is 6. The molecule has 0 aromatic heterocycles. The Hall–Kier alpha value is -2.54. The number of nitrogens with zero attached hydrogens (tertiary/aromatic N) is 1. The van der Waals surface area contributed by atoms with E-state index in [1.807, 2.05) is 48.2 Å². The molecule has 0 bridgehead atoms. The lowest BCUT2D eigenvalue weighted by Crippen LogP contribution is -2.27. The summed E-state index contributed by atoms with van der Waals surface area (Å²) in [4.78, 5) is 14.4. The van der Waals surface area contributed by atoms with Gasteiger partial charge in [-0.1, -0.05) is 12.1 Å². The number of ether oxygens (including phenoxy) is 4. The van der Waals surface area contributed by atoms with Gasteiger partial charge in [-0.2, -0.15) is 0 Å². The third-order valence-electron chi connectivity index (χ3n) is 4.54. The molecule has 7 heteroatoms. The van der Waals surface area contributed by atoms with Crippen molar-refractivity contribution in [1.29, 1.82) is 0 Å². The van der Waals surface area contributed by atoms with Crippen molar-refractivity contribution in [3.05, 3.63) is 47.5 Å². The van der Waals surface area contributed by atoms with Crippen molar-refractivity contribution >= 4 is 17.7 Å². The maximum absolute atomic E-state index is 12.6. The standard InChI is InChI=1S/C21H25NO5S/c1-5-27-19-11-15(7-9-17(19)25-3)21-22(20(23)13-28-21)12-14-6-8-16(24-2)18(10-14)26-4/h6-11,21H,5,12-13H2,1-4H3. The van der Waals surface area contributed by atoms with Crippen LogP contribution >= 0.6 is 11.8 Å². The van der Waals surface area contributed by atoms with Gasteiger partial charge in [-0.15, -0.1) is 11.8 Å². The molecule has 150 valence electrons. The molecule has 1 fully saturated rings. The van der Waals surface area contributed by atoms with E-state index in [1.54, 1.807) is 33.1 Å². The molecule has 0 spiro atoms. The molecular formula is C21H25NO5S. The maximum Gasteiger partial charge on any atom is 0.234 e. The number of hydrogen-bond donors (Lipinski definition) is 0. The summed E-state index contributed by atoms with van der Waals surface area (Å²) in [5.74, 6) is 3.26. The molecule has 1 unspecified atom stereocenters. The van der Waals surface area contributed by atoms with Gasteiger partial charge in [0.1, 0.15) is 5.37 Å². The lowest BCUT2D eigenvalue weighted by atomic mass is 10.1. The number of rotatable bonds is 8. The molecule has 6 nitrogen and oxygen atoms in total. The third-order valence-corrected chi connectivity index (χ3v) is 5.80. The Kier molecular flexibility index (Phi) is 6.57. The van der Waals surface area contributed by atoms with E-state index < -0.39 is 0 Å². The van der Waals surface area contributed by atoms with E-state index >= 15 is 0 Å². The van der Waals surface area contributed by atoms with Crippen molar-refractivity contribution in [2.45, 2.75) is 18.8 Å². The van der Waals surface area contributed by atoms with Crippen LogP contribution in [0.2, 0.25) is 0 Å². The first kappa shape index (κ1) is 20.2. The summed E-state index contributed by atoms with van der Waals surface area (Å²) >= 11 is 1.61. The van der Waals surface area contributed by atoms with Crippen molar-refractivity contribution in [2.24, 2.45) is 0 Å². The Morgan fingerprint density at radius 2 is 1.64 bits per heavy atom. The lowest BCUT2D eigenvalue weighted by Gasteiger charge is -2.25. The van der Waals surface area contributed by atoms with Crippen molar-refractivity contribution < 1.29 is 23.7 Å². The highest BCUT2D eigenvalue weighted by Gasteiger charge is 2.33. The van der Waals surface area contributed by atoms with E-state index in [1.165, 1.54) is 0 Å². The zero-order valence-corrected chi connectivity index (χ0v) is 17.4. The highest BCUT2D eigenvalue weighted by molar-refractivity contribution is 8.00. The van der Waals surface area contributed by atoms with Gasteiger partial charge in [-0.05, 0) is 42.3 Å². The first-order valence-corrected chi connectivity index (χ1v) is 10.1. The minimum absolute atomic E-state index is 0.0780. The summed E-state index contributed by atoms with van der Waals surface area (Å²) in [5, 5.41) is -0.0780. The Morgan fingerprint density at radius 3 is 2.32 bits per heavy atom. The SMILES string of the molecule is CCOc1cc(C2SCC(=O)N2Cc2ccc(OC)c(OC)c2)ccc1OC.